The summed E-state index contributed by atoms with van der Waals surface area (Å²) in [4.78, 5) is 15.3. The van der Waals surface area contributed by atoms with Gasteiger partial charge in [-0.2, -0.15) is 0 Å². The topological polar surface area (TPSA) is 38.7 Å². The number of hydrogen-bond donors (Lipinski definition) is 0. The summed E-state index contributed by atoms with van der Waals surface area (Å²) >= 11 is 2.77. The summed E-state index contributed by atoms with van der Waals surface area (Å²) in [6, 6.07) is 59.6. The van der Waals surface area contributed by atoms with Crippen molar-refractivity contribution in [2.24, 2.45) is 0 Å². The first-order chi connectivity index (χ1) is 24.2. The second-order valence-corrected chi connectivity index (χ2v) is 13.1. The van der Waals surface area contributed by atoms with E-state index in [1.807, 2.05) is 24.3 Å². The Bertz CT molecular complexity index is 2630. The first kappa shape index (κ1) is 29.2. The van der Waals surface area contributed by atoms with Crippen LogP contribution in [0.15, 0.2) is 170 Å². The molecule has 230 valence electrons. The Morgan fingerprint density at radius 1 is 0.286 bits per heavy atom. The molecule has 3 nitrogen and oxygen atoms in total. The van der Waals surface area contributed by atoms with Crippen molar-refractivity contribution in [3.05, 3.63) is 170 Å². The molecule has 9 rings (SSSR count). The van der Waals surface area contributed by atoms with Gasteiger partial charge in [0, 0.05) is 0 Å². The molecule has 49 heavy (non-hydrogen) atoms. The number of nitrogens with zero attached hydrogens (tertiary/aromatic N) is 3. The minimum atomic E-state index is 0.643. The Labute approximate surface area is 292 Å². The van der Waals surface area contributed by atoms with Gasteiger partial charge < -0.3 is 0 Å². The molecule has 8 aromatic carbocycles. The van der Waals surface area contributed by atoms with Crippen LogP contribution >= 0.6 is 0 Å². The van der Waals surface area contributed by atoms with Crippen LogP contribution in [0, 0.1) is 0 Å². The molecule has 0 unspecified atom stereocenters. The van der Waals surface area contributed by atoms with Crippen molar-refractivity contribution in [1.29, 1.82) is 0 Å². The van der Waals surface area contributed by atoms with E-state index in [1.54, 1.807) is 0 Å². The van der Waals surface area contributed by atoms with Gasteiger partial charge in [0.25, 0.3) is 0 Å². The second kappa shape index (κ2) is 12.3. The normalized spacial score (nSPS) is 11.4. The fraction of sp³-hybridized carbons (Fsp3) is 0. The molecule has 0 saturated heterocycles. The van der Waals surface area contributed by atoms with Crippen LogP contribution in [-0.4, -0.2) is 31.0 Å². The van der Waals surface area contributed by atoms with Crippen LogP contribution in [0.25, 0.3) is 88.7 Å². The molecule has 0 aliphatic rings. The van der Waals surface area contributed by atoms with Gasteiger partial charge >= 0.3 is 288 Å². The number of hydrogen-bond acceptors (Lipinski definition) is 3. The summed E-state index contributed by atoms with van der Waals surface area (Å²) in [6.07, 6.45) is 0. The Morgan fingerprint density at radius 2 is 0.755 bits per heavy atom. The van der Waals surface area contributed by atoms with Crippen molar-refractivity contribution in [2.45, 2.75) is 0 Å². The van der Waals surface area contributed by atoms with Crippen LogP contribution in [0.5, 0.6) is 0 Å². The standard InChI is InChI=1S/C45H29N3Se/c49-42-34(32-18-11-17-31(27-32)29-13-3-1-4-14-29)23-12-24-40(42)45-47-43(30-15-5-2-6-16-30)46-44(48-45)33-25-26-39-37-21-8-7-19-35(37)36-20-9-10-22-38(36)41(39)28-33/h1-28,49H. The zero-order valence-corrected chi connectivity index (χ0v) is 28.3. The first-order valence-corrected chi connectivity index (χ1v) is 17.3. The van der Waals surface area contributed by atoms with Crippen LogP contribution in [0.2, 0.25) is 0 Å². The van der Waals surface area contributed by atoms with E-state index in [-0.39, 0.29) is 0 Å². The van der Waals surface area contributed by atoms with E-state index in [0.29, 0.717) is 17.5 Å². The summed E-state index contributed by atoms with van der Waals surface area (Å²) in [5.41, 5.74) is 7.50. The van der Waals surface area contributed by atoms with E-state index in [2.05, 4.69) is 162 Å². The Hall–Kier alpha value is -5.93. The average molecular weight is 691 g/mol. The Kier molecular flexibility index (Phi) is 7.31. The van der Waals surface area contributed by atoms with Crippen LogP contribution in [0.1, 0.15) is 0 Å². The third-order valence-corrected chi connectivity index (χ3v) is 10.2. The van der Waals surface area contributed by atoms with Gasteiger partial charge in [-0.1, -0.05) is 6.07 Å². The molecular formula is C45H29N3Se. The fourth-order valence-electron chi connectivity index (χ4n) is 6.84. The molecule has 9 aromatic rings. The van der Waals surface area contributed by atoms with Gasteiger partial charge in [0.05, 0.1) is 0 Å². The quantitative estimate of drug-likeness (QED) is 0.133. The monoisotopic (exact) mass is 691 g/mol. The van der Waals surface area contributed by atoms with Crippen molar-refractivity contribution in [3.63, 3.8) is 0 Å². The molecule has 0 radical (unpaired) electrons. The van der Waals surface area contributed by atoms with Crippen molar-refractivity contribution in [1.82, 2.24) is 15.0 Å². The van der Waals surface area contributed by atoms with E-state index in [9.17, 15) is 0 Å². The van der Waals surface area contributed by atoms with E-state index < -0.39 is 0 Å². The van der Waals surface area contributed by atoms with Crippen LogP contribution in [0.4, 0.5) is 0 Å². The van der Waals surface area contributed by atoms with Gasteiger partial charge in [-0.05, 0) is 0 Å². The summed E-state index contributed by atoms with van der Waals surface area (Å²) in [7, 11) is 0. The van der Waals surface area contributed by atoms with Gasteiger partial charge in [-0.15, -0.1) is 0 Å². The molecule has 0 amide bonds. The molecule has 0 atom stereocenters. The number of aromatic nitrogens is 3. The van der Waals surface area contributed by atoms with Crippen LogP contribution in [-0.2, 0) is 0 Å². The van der Waals surface area contributed by atoms with Crippen LogP contribution < -0.4 is 4.46 Å². The first-order valence-electron chi connectivity index (χ1n) is 16.3. The van der Waals surface area contributed by atoms with Crippen molar-refractivity contribution >= 4 is 52.8 Å². The average Bonchev–Trinajstić information content (AvgIpc) is 3.18. The van der Waals surface area contributed by atoms with Gasteiger partial charge in [0.2, 0.25) is 0 Å². The molecule has 1 heterocycles. The number of rotatable bonds is 5. The van der Waals surface area contributed by atoms with E-state index >= 15 is 0 Å². The summed E-state index contributed by atoms with van der Waals surface area (Å²) in [6.45, 7) is 0. The molecule has 1 aromatic heterocycles. The summed E-state index contributed by atoms with van der Waals surface area (Å²) in [5, 5.41) is 7.36. The summed E-state index contributed by atoms with van der Waals surface area (Å²) < 4.78 is 1.06. The Morgan fingerprint density at radius 3 is 1.43 bits per heavy atom. The van der Waals surface area contributed by atoms with Crippen LogP contribution in [0.3, 0.4) is 0 Å². The predicted molar refractivity (Wildman–Crippen MR) is 206 cm³/mol. The third kappa shape index (κ3) is 5.28. The molecule has 0 saturated carbocycles. The van der Waals surface area contributed by atoms with Crippen molar-refractivity contribution < 1.29 is 0 Å². The van der Waals surface area contributed by atoms with Gasteiger partial charge in [-0.25, -0.2) is 0 Å². The van der Waals surface area contributed by atoms with Crippen molar-refractivity contribution in [3.8, 4) is 56.4 Å². The molecular weight excluding hydrogens is 661 g/mol. The SMILES string of the molecule is [SeH]c1c(-c2cccc(-c3ccccc3)c2)cccc1-c1nc(-c2ccccc2)nc(-c2ccc3c4ccccc4c4ccccc4c3c2)n1. The molecule has 0 N–H and O–H groups in total. The zero-order valence-electron chi connectivity index (χ0n) is 26.5. The van der Waals surface area contributed by atoms with Gasteiger partial charge in [0.1, 0.15) is 0 Å². The molecule has 0 bridgehead atoms. The predicted octanol–water partition coefficient (Wildman–Crippen LogP) is 10.2. The van der Waals surface area contributed by atoms with Gasteiger partial charge in [0.15, 0.2) is 0 Å². The minimum absolute atomic E-state index is 0.643. The van der Waals surface area contributed by atoms with E-state index in [4.69, 9.17) is 15.0 Å². The third-order valence-electron chi connectivity index (χ3n) is 9.23. The fourth-order valence-corrected chi connectivity index (χ4v) is 7.64. The Balaban J connectivity index is 1.23. The zero-order chi connectivity index (χ0) is 32.7. The maximum absolute atomic E-state index is 5.18. The summed E-state index contributed by atoms with van der Waals surface area (Å²) in [5.74, 6) is 1.93. The maximum atomic E-state index is 5.18. The number of benzene rings is 8. The van der Waals surface area contributed by atoms with Gasteiger partial charge in [-0.3, -0.25) is 0 Å². The molecule has 0 spiro atoms. The molecule has 4 heteroatoms. The molecule has 0 aliphatic heterocycles. The molecule has 0 fully saturated rings. The molecule has 0 aliphatic carbocycles. The number of fused-ring (bicyclic) bond motifs is 6. The second-order valence-electron chi connectivity index (χ2n) is 12.2. The van der Waals surface area contributed by atoms with E-state index in [0.717, 1.165) is 32.3 Å². The van der Waals surface area contributed by atoms with E-state index in [1.165, 1.54) is 43.4 Å². The van der Waals surface area contributed by atoms with Crippen molar-refractivity contribution in [2.75, 3.05) is 0 Å².